The minimum absolute atomic E-state index is 0.0163. The zero-order chi connectivity index (χ0) is 16.6. The van der Waals surface area contributed by atoms with Crippen LogP contribution in [-0.2, 0) is 9.84 Å². The molecule has 1 aliphatic heterocycles. The molecule has 1 saturated heterocycles. The van der Waals surface area contributed by atoms with E-state index in [1.54, 1.807) is 6.08 Å². The Bertz CT molecular complexity index is 736. The van der Waals surface area contributed by atoms with E-state index >= 15 is 0 Å². The Balaban J connectivity index is 1.82. The highest BCUT2D eigenvalue weighted by Gasteiger charge is 2.33. The van der Waals surface area contributed by atoms with Gasteiger partial charge in [0.1, 0.15) is 5.75 Å². The molecule has 5 nitrogen and oxygen atoms in total. The standard InChI is InChI=1S/C17H21NO4S/c1-18-9-8-12(11-18)16-7-6-15(10-17(16)20)23(21,22)14-4-2-13(19)3-5-14/h2-7,10,12,16-17,19-20H,8-9,11H2,1H3/t12-,16?,17?/m1/s1. The van der Waals surface area contributed by atoms with Gasteiger partial charge in [-0.15, -0.1) is 0 Å². The van der Waals surface area contributed by atoms with Gasteiger partial charge in [-0.1, -0.05) is 6.08 Å². The van der Waals surface area contributed by atoms with Gasteiger partial charge in [-0.3, -0.25) is 0 Å². The molecule has 3 rings (SSSR count). The molecule has 2 unspecified atom stereocenters. The van der Waals surface area contributed by atoms with E-state index in [2.05, 4.69) is 11.9 Å². The maximum absolute atomic E-state index is 12.6. The Morgan fingerprint density at radius 2 is 1.91 bits per heavy atom. The number of hydrogen-bond donors (Lipinski definition) is 2. The van der Waals surface area contributed by atoms with Gasteiger partial charge in [0.25, 0.3) is 0 Å². The van der Waals surface area contributed by atoms with Crippen molar-refractivity contribution in [3.05, 3.63) is 47.4 Å². The number of likely N-dealkylation sites (tertiary alicyclic amines) is 1. The molecule has 6 heteroatoms. The molecular weight excluding hydrogens is 314 g/mol. The first-order valence-corrected chi connectivity index (χ1v) is 9.17. The van der Waals surface area contributed by atoms with Crippen molar-refractivity contribution in [1.29, 1.82) is 0 Å². The predicted octanol–water partition coefficient (Wildman–Crippen LogP) is 1.55. The number of benzene rings is 1. The number of allylic oxidation sites excluding steroid dienone is 1. The monoisotopic (exact) mass is 335 g/mol. The van der Waals surface area contributed by atoms with Crippen molar-refractivity contribution in [3.8, 4) is 5.75 Å². The van der Waals surface area contributed by atoms with Gasteiger partial charge in [0.05, 0.1) is 15.9 Å². The number of aliphatic hydroxyl groups excluding tert-OH is 1. The van der Waals surface area contributed by atoms with E-state index in [1.165, 1.54) is 30.3 Å². The predicted molar refractivity (Wildman–Crippen MR) is 87.6 cm³/mol. The summed E-state index contributed by atoms with van der Waals surface area (Å²) in [7, 11) is -1.63. The second kappa shape index (κ2) is 6.11. The van der Waals surface area contributed by atoms with Crippen molar-refractivity contribution < 1.29 is 18.6 Å². The molecular formula is C17H21NO4S. The molecule has 1 fully saturated rings. The minimum Gasteiger partial charge on any atom is -0.508 e. The molecule has 2 aliphatic rings. The molecule has 2 N–H and O–H groups in total. The van der Waals surface area contributed by atoms with Crippen LogP contribution in [0.4, 0.5) is 0 Å². The summed E-state index contributed by atoms with van der Waals surface area (Å²) >= 11 is 0. The molecule has 0 aromatic heterocycles. The normalized spacial score (nSPS) is 28.8. The zero-order valence-electron chi connectivity index (χ0n) is 13.0. The summed E-state index contributed by atoms with van der Waals surface area (Å²) in [6, 6.07) is 5.41. The lowest BCUT2D eigenvalue weighted by molar-refractivity contribution is 0.140. The highest BCUT2D eigenvalue weighted by Crippen LogP contribution is 2.33. The van der Waals surface area contributed by atoms with Crippen LogP contribution in [0.5, 0.6) is 5.75 Å². The number of hydrogen-bond acceptors (Lipinski definition) is 5. The van der Waals surface area contributed by atoms with Crippen LogP contribution >= 0.6 is 0 Å². The molecule has 1 aromatic carbocycles. The van der Waals surface area contributed by atoms with Crippen molar-refractivity contribution in [3.63, 3.8) is 0 Å². The number of rotatable bonds is 3. The van der Waals surface area contributed by atoms with Crippen molar-refractivity contribution in [1.82, 2.24) is 4.90 Å². The van der Waals surface area contributed by atoms with Crippen LogP contribution < -0.4 is 0 Å². The van der Waals surface area contributed by atoms with Crippen LogP contribution in [0.15, 0.2) is 52.3 Å². The summed E-state index contributed by atoms with van der Waals surface area (Å²) in [5.74, 6) is 0.321. The first-order chi connectivity index (χ1) is 10.9. The molecule has 3 atom stereocenters. The maximum atomic E-state index is 12.6. The number of phenols is 1. The number of aliphatic hydroxyl groups is 1. The number of sulfone groups is 1. The number of aromatic hydroxyl groups is 1. The summed E-state index contributed by atoms with van der Waals surface area (Å²) < 4.78 is 25.2. The van der Waals surface area contributed by atoms with E-state index in [1.807, 2.05) is 6.08 Å². The Hall–Kier alpha value is -1.63. The molecule has 23 heavy (non-hydrogen) atoms. The van der Waals surface area contributed by atoms with Crippen LogP contribution in [0.1, 0.15) is 6.42 Å². The lowest BCUT2D eigenvalue weighted by Gasteiger charge is -2.27. The SMILES string of the molecule is CN1CC[C@@H](C2C=CC(S(=O)(=O)c3ccc(O)cc3)=CC2O)C1. The quantitative estimate of drug-likeness (QED) is 0.876. The van der Waals surface area contributed by atoms with Crippen molar-refractivity contribution in [2.45, 2.75) is 17.4 Å². The number of phenolic OH excluding ortho intramolecular Hbond substituents is 1. The van der Waals surface area contributed by atoms with Gasteiger partial charge < -0.3 is 15.1 Å². The second-order valence-electron chi connectivity index (χ2n) is 6.30. The fourth-order valence-corrected chi connectivity index (χ4v) is 4.66. The van der Waals surface area contributed by atoms with E-state index in [4.69, 9.17) is 0 Å². The Morgan fingerprint density at radius 3 is 2.48 bits per heavy atom. The third kappa shape index (κ3) is 3.20. The van der Waals surface area contributed by atoms with E-state index < -0.39 is 15.9 Å². The van der Waals surface area contributed by atoms with Gasteiger partial charge in [0.2, 0.25) is 9.84 Å². The maximum Gasteiger partial charge on any atom is 0.206 e. The van der Waals surface area contributed by atoms with Crippen molar-refractivity contribution >= 4 is 9.84 Å². The molecule has 1 aliphatic carbocycles. The molecule has 0 saturated carbocycles. The number of nitrogens with zero attached hydrogens (tertiary/aromatic N) is 1. The first-order valence-electron chi connectivity index (χ1n) is 7.68. The Morgan fingerprint density at radius 1 is 1.22 bits per heavy atom. The summed E-state index contributed by atoms with van der Waals surface area (Å²) in [4.78, 5) is 2.44. The zero-order valence-corrected chi connectivity index (χ0v) is 13.8. The van der Waals surface area contributed by atoms with Gasteiger partial charge in [0.15, 0.2) is 0 Å². The van der Waals surface area contributed by atoms with E-state index in [9.17, 15) is 18.6 Å². The van der Waals surface area contributed by atoms with Crippen LogP contribution in [0.3, 0.4) is 0 Å². The smallest absolute Gasteiger partial charge is 0.206 e. The van der Waals surface area contributed by atoms with E-state index in [0.717, 1.165) is 19.5 Å². The summed E-state index contributed by atoms with van der Waals surface area (Å²) in [6.07, 6.45) is 5.07. The van der Waals surface area contributed by atoms with Crippen LogP contribution in [-0.4, -0.2) is 49.8 Å². The van der Waals surface area contributed by atoms with E-state index in [0.29, 0.717) is 5.92 Å². The molecule has 0 radical (unpaired) electrons. The molecule has 1 heterocycles. The van der Waals surface area contributed by atoms with Crippen LogP contribution in [0, 0.1) is 11.8 Å². The second-order valence-corrected chi connectivity index (χ2v) is 8.25. The fourth-order valence-electron chi connectivity index (χ4n) is 3.31. The lowest BCUT2D eigenvalue weighted by Crippen LogP contribution is -2.29. The fraction of sp³-hybridized carbons (Fsp3) is 0.412. The summed E-state index contributed by atoms with van der Waals surface area (Å²) in [6.45, 7) is 1.92. The van der Waals surface area contributed by atoms with Gasteiger partial charge in [-0.25, -0.2) is 8.42 Å². The topological polar surface area (TPSA) is 77.8 Å². The largest absolute Gasteiger partial charge is 0.508 e. The lowest BCUT2D eigenvalue weighted by atomic mass is 9.84. The van der Waals surface area contributed by atoms with Crippen molar-refractivity contribution in [2.24, 2.45) is 11.8 Å². The molecule has 0 bridgehead atoms. The average Bonchev–Trinajstić information content (AvgIpc) is 2.94. The molecule has 0 spiro atoms. The van der Waals surface area contributed by atoms with Crippen molar-refractivity contribution in [2.75, 3.05) is 20.1 Å². The molecule has 1 aromatic rings. The highest BCUT2D eigenvalue weighted by atomic mass is 32.2. The van der Waals surface area contributed by atoms with Gasteiger partial charge in [-0.05, 0) is 62.3 Å². The highest BCUT2D eigenvalue weighted by molar-refractivity contribution is 7.95. The van der Waals surface area contributed by atoms with E-state index in [-0.39, 0.29) is 21.5 Å². The third-order valence-corrected chi connectivity index (χ3v) is 6.43. The van der Waals surface area contributed by atoms with Crippen LogP contribution in [0.2, 0.25) is 0 Å². The molecule has 0 amide bonds. The van der Waals surface area contributed by atoms with Gasteiger partial charge in [0, 0.05) is 12.5 Å². The third-order valence-electron chi connectivity index (χ3n) is 4.64. The van der Waals surface area contributed by atoms with Gasteiger partial charge in [-0.2, -0.15) is 0 Å². The first kappa shape index (κ1) is 16.2. The minimum atomic E-state index is -3.68. The summed E-state index contributed by atoms with van der Waals surface area (Å²) in [5.41, 5.74) is 0. The average molecular weight is 335 g/mol. The van der Waals surface area contributed by atoms with Crippen LogP contribution in [0.25, 0.3) is 0 Å². The molecule has 124 valence electrons. The Labute approximate surface area is 136 Å². The Kier molecular flexibility index (Phi) is 4.31. The summed E-state index contributed by atoms with van der Waals surface area (Å²) in [5, 5.41) is 19.7. The van der Waals surface area contributed by atoms with Gasteiger partial charge >= 0.3 is 0 Å².